The monoisotopic (exact) mass is 663 g/mol. The molecular formula is C29H34IN3O5S. The first kappa shape index (κ1) is 30.4. The van der Waals surface area contributed by atoms with Gasteiger partial charge in [-0.3, -0.25) is 13.9 Å². The van der Waals surface area contributed by atoms with Gasteiger partial charge in [-0.05, 0) is 104 Å². The van der Waals surface area contributed by atoms with E-state index < -0.39 is 34.1 Å². The Labute approximate surface area is 244 Å². The van der Waals surface area contributed by atoms with Gasteiger partial charge in [0.05, 0.1) is 17.7 Å². The summed E-state index contributed by atoms with van der Waals surface area (Å²) < 4.78 is 34.8. The second-order valence-electron chi connectivity index (χ2n) is 10.1. The van der Waals surface area contributed by atoms with Gasteiger partial charge in [0.2, 0.25) is 11.8 Å². The van der Waals surface area contributed by atoms with E-state index in [2.05, 4.69) is 27.9 Å². The summed E-state index contributed by atoms with van der Waals surface area (Å²) in [6, 6.07) is 21.2. The number of benzene rings is 3. The quantitative estimate of drug-likeness (QED) is 0.314. The first-order chi connectivity index (χ1) is 18.3. The lowest BCUT2D eigenvalue weighted by Gasteiger charge is -2.33. The molecule has 8 nitrogen and oxygen atoms in total. The van der Waals surface area contributed by atoms with Crippen molar-refractivity contribution >= 4 is 50.1 Å². The number of hydrogen-bond acceptors (Lipinski definition) is 5. The van der Waals surface area contributed by atoms with Crippen molar-refractivity contribution in [1.29, 1.82) is 0 Å². The van der Waals surface area contributed by atoms with Gasteiger partial charge < -0.3 is 15.0 Å². The molecule has 0 aromatic heterocycles. The zero-order valence-electron chi connectivity index (χ0n) is 22.7. The summed E-state index contributed by atoms with van der Waals surface area (Å²) in [5.74, 6) is -0.189. The molecule has 0 fully saturated rings. The van der Waals surface area contributed by atoms with Gasteiger partial charge in [0.15, 0.2) is 0 Å². The molecule has 0 heterocycles. The highest BCUT2D eigenvalue weighted by atomic mass is 127. The van der Waals surface area contributed by atoms with E-state index in [9.17, 15) is 18.0 Å². The molecule has 3 rings (SSSR count). The van der Waals surface area contributed by atoms with Gasteiger partial charge in [-0.25, -0.2) is 8.42 Å². The molecule has 3 aromatic rings. The van der Waals surface area contributed by atoms with Crippen molar-refractivity contribution < 1.29 is 22.7 Å². The van der Waals surface area contributed by atoms with E-state index >= 15 is 0 Å². The fourth-order valence-corrected chi connectivity index (χ4v) is 5.63. The first-order valence-corrected chi connectivity index (χ1v) is 14.9. The van der Waals surface area contributed by atoms with Crippen LogP contribution in [0.25, 0.3) is 0 Å². The van der Waals surface area contributed by atoms with Gasteiger partial charge in [0.1, 0.15) is 18.3 Å². The van der Waals surface area contributed by atoms with Crippen LogP contribution in [-0.2, 0) is 26.2 Å². The number of halogens is 1. The lowest BCUT2D eigenvalue weighted by Crippen LogP contribution is -2.54. The molecule has 0 unspecified atom stereocenters. The molecule has 39 heavy (non-hydrogen) atoms. The zero-order valence-corrected chi connectivity index (χ0v) is 25.7. The number of nitrogens with zero attached hydrogens (tertiary/aromatic N) is 2. The maximum absolute atomic E-state index is 13.9. The van der Waals surface area contributed by atoms with Crippen LogP contribution in [0.2, 0.25) is 0 Å². The fraction of sp³-hybridized carbons (Fsp3) is 0.310. The highest BCUT2D eigenvalue weighted by Gasteiger charge is 2.33. The summed E-state index contributed by atoms with van der Waals surface area (Å²) in [4.78, 5) is 28.5. The largest absolute Gasteiger partial charge is 0.497 e. The van der Waals surface area contributed by atoms with E-state index in [1.165, 1.54) is 17.0 Å². The third-order valence-electron chi connectivity index (χ3n) is 5.90. The van der Waals surface area contributed by atoms with Crippen molar-refractivity contribution in [3.63, 3.8) is 0 Å². The van der Waals surface area contributed by atoms with Crippen LogP contribution < -0.4 is 14.4 Å². The summed E-state index contributed by atoms with van der Waals surface area (Å²) in [6.45, 7) is 6.84. The van der Waals surface area contributed by atoms with Crippen LogP contribution in [0.5, 0.6) is 5.75 Å². The summed E-state index contributed by atoms with van der Waals surface area (Å²) in [5, 5.41) is 2.92. The number of nitrogens with one attached hydrogen (secondary N) is 1. The number of rotatable bonds is 10. The van der Waals surface area contributed by atoms with E-state index in [1.807, 2.05) is 32.9 Å². The Kier molecular flexibility index (Phi) is 10.0. The van der Waals surface area contributed by atoms with Crippen LogP contribution in [0.4, 0.5) is 5.69 Å². The highest BCUT2D eigenvalue weighted by Crippen LogP contribution is 2.25. The second-order valence-corrected chi connectivity index (χ2v) is 13.2. The zero-order chi connectivity index (χ0) is 28.8. The minimum atomic E-state index is -4.09. The molecule has 1 atom stereocenters. The second kappa shape index (κ2) is 12.8. The number of carbonyl (C=O) groups excluding carboxylic acids is 2. The summed E-state index contributed by atoms with van der Waals surface area (Å²) >= 11 is 2.14. The maximum atomic E-state index is 13.9. The van der Waals surface area contributed by atoms with Crippen LogP contribution in [0, 0.1) is 3.57 Å². The molecule has 0 aliphatic rings. The minimum Gasteiger partial charge on any atom is -0.497 e. The molecule has 0 bridgehead atoms. The normalized spacial score (nSPS) is 12.4. The van der Waals surface area contributed by atoms with Crippen LogP contribution in [-0.4, -0.2) is 50.4 Å². The van der Waals surface area contributed by atoms with Crippen molar-refractivity contribution in [2.75, 3.05) is 18.0 Å². The fourth-order valence-electron chi connectivity index (χ4n) is 3.84. The molecule has 0 saturated heterocycles. The van der Waals surface area contributed by atoms with Gasteiger partial charge in [-0.2, -0.15) is 0 Å². The van der Waals surface area contributed by atoms with E-state index in [4.69, 9.17) is 4.74 Å². The Hall–Kier alpha value is -3.12. The number of ether oxygens (including phenoxy) is 1. The molecule has 10 heteroatoms. The van der Waals surface area contributed by atoms with E-state index in [1.54, 1.807) is 68.6 Å². The predicted molar refractivity (Wildman–Crippen MR) is 161 cm³/mol. The summed E-state index contributed by atoms with van der Waals surface area (Å²) in [5.41, 5.74) is 0.611. The number of hydrogen-bond donors (Lipinski definition) is 1. The third kappa shape index (κ3) is 8.18. The maximum Gasteiger partial charge on any atom is 0.264 e. The average Bonchev–Trinajstić information content (AvgIpc) is 2.90. The topological polar surface area (TPSA) is 96.0 Å². The Morgan fingerprint density at radius 2 is 1.54 bits per heavy atom. The van der Waals surface area contributed by atoms with Gasteiger partial charge >= 0.3 is 0 Å². The van der Waals surface area contributed by atoms with Gasteiger partial charge in [0, 0.05) is 15.7 Å². The molecule has 0 aliphatic heterocycles. The van der Waals surface area contributed by atoms with Gasteiger partial charge in [-0.15, -0.1) is 0 Å². The molecule has 3 aromatic carbocycles. The first-order valence-electron chi connectivity index (χ1n) is 12.4. The Morgan fingerprint density at radius 1 is 0.949 bits per heavy atom. The number of amides is 2. The Balaban J connectivity index is 2.01. The molecular weight excluding hydrogens is 629 g/mol. The number of anilines is 1. The molecule has 1 N–H and O–H groups in total. The van der Waals surface area contributed by atoms with Crippen LogP contribution in [0.15, 0.2) is 83.8 Å². The average molecular weight is 664 g/mol. The van der Waals surface area contributed by atoms with Crippen LogP contribution in [0.1, 0.15) is 33.3 Å². The molecule has 2 amide bonds. The molecule has 0 saturated carbocycles. The molecule has 0 radical (unpaired) electrons. The van der Waals surface area contributed by atoms with Crippen LogP contribution >= 0.6 is 22.6 Å². The van der Waals surface area contributed by atoms with Crippen LogP contribution in [0.3, 0.4) is 0 Å². The van der Waals surface area contributed by atoms with E-state index in [0.29, 0.717) is 11.4 Å². The van der Waals surface area contributed by atoms with Crippen molar-refractivity contribution in [3.05, 3.63) is 88.0 Å². The van der Waals surface area contributed by atoms with Gasteiger partial charge in [0.25, 0.3) is 10.0 Å². The molecule has 0 aliphatic carbocycles. The highest BCUT2D eigenvalue weighted by molar-refractivity contribution is 14.1. The van der Waals surface area contributed by atoms with Gasteiger partial charge in [-0.1, -0.05) is 30.3 Å². The number of sulfonamides is 1. The van der Waals surface area contributed by atoms with E-state index in [0.717, 1.165) is 13.4 Å². The summed E-state index contributed by atoms with van der Waals surface area (Å²) in [6.07, 6.45) is 0. The Morgan fingerprint density at radius 3 is 2.08 bits per heavy atom. The SMILES string of the molecule is COc1ccc(CN(C(=O)CN(c2ccc(I)cc2)S(=O)(=O)c2ccccc2)[C@H](C)C(=O)NC(C)(C)C)cc1. The van der Waals surface area contributed by atoms with Crippen molar-refractivity contribution in [2.45, 2.75) is 50.7 Å². The molecule has 0 spiro atoms. The summed E-state index contributed by atoms with van der Waals surface area (Å²) in [7, 11) is -2.52. The Bertz CT molecular complexity index is 1370. The standard InChI is InChI=1S/C29H34IN3O5S/c1-21(28(35)31-29(2,3)4)32(19-22-11-17-25(38-5)18-12-22)27(34)20-33(24-15-13-23(30)14-16-24)39(36,37)26-9-7-6-8-10-26/h6-18,21H,19-20H2,1-5H3,(H,31,35)/t21-/m1/s1. The van der Waals surface area contributed by atoms with Crippen molar-refractivity contribution in [3.8, 4) is 5.75 Å². The number of methoxy groups -OCH3 is 1. The smallest absolute Gasteiger partial charge is 0.264 e. The minimum absolute atomic E-state index is 0.0663. The van der Waals surface area contributed by atoms with E-state index in [-0.39, 0.29) is 17.3 Å². The third-order valence-corrected chi connectivity index (χ3v) is 8.41. The van der Waals surface area contributed by atoms with Crippen molar-refractivity contribution in [2.24, 2.45) is 0 Å². The number of carbonyl (C=O) groups is 2. The lowest BCUT2D eigenvalue weighted by atomic mass is 10.1. The molecule has 208 valence electrons. The lowest BCUT2D eigenvalue weighted by molar-refractivity contribution is -0.140. The predicted octanol–water partition coefficient (Wildman–Crippen LogP) is 4.83. The van der Waals surface area contributed by atoms with Crippen molar-refractivity contribution in [1.82, 2.24) is 10.2 Å².